The number of nitriles is 1. The lowest BCUT2D eigenvalue weighted by molar-refractivity contribution is -0.128. The molecular weight excluding hydrogens is 138 g/mol. The molecule has 0 aliphatic rings. The zero-order valence-corrected chi connectivity index (χ0v) is 7.64. The Morgan fingerprint density at radius 1 is 1.64 bits per heavy atom. The fraction of sp³-hybridized carbons (Fsp3) is 0.778. The van der Waals surface area contributed by atoms with E-state index in [0.29, 0.717) is 6.42 Å². The molecule has 0 heterocycles. The molecule has 0 saturated carbocycles. The Hall–Kier alpha value is -0.840. The standard InChI is InChI=1S/C9H15NO/c1-5-9(4,6-10)8(11)7(2)3/h7H,5H2,1-4H3. The van der Waals surface area contributed by atoms with Crippen LogP contribution in [0.3, 0.4) is 0 Å². The number of carbonyl (C=O) groups is 1. The van der Waals surface area contributed by atoms with Crippen LogP contribution in [0.25, 0.3) is 0 Å². The van der Waals surface area contributed by atoms with E-state index < -0.39 is 5.41 Å². The summed E-state index contributed by atoms with van der Waals surface area (Å²) in [5, 5.41) is 8.73. The van der Waals surface area contributed by atoms with Gasteiger partial charge >= 0.3 is 0 Å². The monoisotopic (exact) mass is 153 g/mol. The molecule has 0 aliphatic carbocycles. The van der Waals surface area contributed by atoms with Crippen molar-refractivity contribution in [3.63, 3.8) is 0 Å². The molecule has 1 unspecified atom stereocenters. The maximum atomic E-state index is 11.4. The van der Waals surface area contributed by atoms with Crippen LogP contribution < -0.4 is 0 Å². The minimum absolute atomic E-state index is 0.0420. The fourth-order valence-electron chi connectivity index (χ4n) is 0.946. The van der Waals surface area contributed by atoms with Gasteiger partial charge in [-0.2, -0.15) is 5.26 Å². The van der Waals surface area contributed by atoms with E-state index in [0.717, 1.165) is 0 Å². The molecule has 0 aromatic rings. The molecule has 0 aromatic heterocycles. The molecular formula is C9H15NO. The van der Waals surface area contributed by atoms with Gasteiger partial charge < -0.3 is 0 Å². The largest absolute Gasteiger partial charge is 0.298 e. The zero-order valence-electron chi connectivity index (χ0n) is 7.64. The van der Waals surface area contributed by atoms with Gasteiger partial charge in [0.05, 0.1) is 6.07 Å². The Labute approximate surface area is 68.2 Å². The van der Waals surface area contributed by atoms with Gasteiger partial charge in [-0.25, -0.2) is 0 Å². The van der Waals surface area contributed by atoms with E-state index in [1.165, 1.54) is 0 Å². The van der Waals surface area contributed by atoms with Crippen LogP contribution in [-0.2, 0) is 4.79 Å². The summed E-state index contributed by atoms with van der Waals surface area (Å²) in [5.74, 6) is 0.00194. The average molecular weight is 153 g/mol. The fourth-order valence-corrected chi connectivity index (χ4v) is 0.946. The third-order valence-electron chi connectivity index (χ3n) is 2.02. The Morgan fingerprint density at radius 3 is 2.18 bits per heavy atom. The third kappa shape index (κ3) is 2.04. The van der Waals surface area contributed by atoms with Gasteiger partial charge in [0, 0.05) is 5.92 Å². The number of nitrogens with zero attached hydrogens (tertiary/aromatic N) is 1. The minimum Gasteiger partial charge on any atom is -0.298 e. The van der Waals surface area contributed by atoms with Gasteiger partial charge in [0.2, 0.25) is 0 Å². The molecule has 0 radical (unpaired) electrons. The first kappa shape index (κ1) is 10.2. The second kappa shape index (κ2) is 3.52. The third-order valence-corrected chi connectivity index (χ3v) is 2.02. The molecule has 0 amide bonds. The van der Waals surface area contributed by atoms with E-state index in [4.69, 9.17) is 5.26 Å². The SMILES string of the molecule is CCC(C)(C#N)C(=O)C(C)C. The van der Waals surface area contributed by atoms with E-state index >= 15 is 0 Å². The normalized spacial score (nSPS) is 15.6. The van der Waals surface area contributed by atoms with E-state index in [2.05, 4.69) is 6.07 Å². The highest BCUT2D eigenvalue weighted by Gasteiger charge is 2.32. The molecule has 11 heavy (non-hydrogen) atoms. The van der Waals surface area contributed by atoms with Crippen molar-refractivity contribution in [1.82, 2.24) is 0 Å². The van der Waals surface area contributed by atoms with Crippen molar-refractivity contribution in [1.29, 1.82) is 5.26 Å². The molecule has 0 spiro atoms. The summed E-state index contributed by atoms with van der Waals surface area (Å²) < 4.78 is 0. The Kier molecular flexibility index (Phi) is 3.25. The summed E-state index contributed by atoms with van der Waals surface area (Å²) in [5.41, 5.74) is -0.770. The highest BCUT2D eigenvalue weighted by Crippen LogP contribution is 2.24. The van der Waals surface area contributed by atoms with Crippen LogP contribution in [-0.4, -0.2) is 5.78 Å². The number of rotatable bonds is 3. The minimum atomic E-state index is -0.770. The van der Waals surface area contributed by atoms with Crippen LogP contribution in [0.15, 0.2) is 0 Å². The molecule has 0 rings (SSSR count). The smallest absolute Gasteiger partial charge is 0.155 e. The average Bonchev–Trinajstić information content (AvgIpc) is 2.01. The van der Waals surface area contributed by atoms with E-state index in [-0.39, 0.29) is 11.7 Å². The number of carbonyl (C=O) groups excluding carboxylic acids is 1. The Balaban J connectivity index is 4.55. The predicted octanol–water partition coefficient (Wildman–Crippen LogP) is 2.15. The van der Waals surface area contributed by atoms with Crippen LogP contribution in [0.4, 0.5) is 0 Å². The van der Waals surface area contributed by atoms with Crippen molar-refractivity contribution < 1.29 is 4.79 Å². The lowest BCUT2D eigenvalue weighted by Gasteiger charge is -2.19. The van der Waals surface area contributed by atoms with Crippen molar-refractivity contribution in [2.45, 2.75) is 34.1 Å². The Morgan fingerprint density at radius 2 is 2.09 bits per heavy atom. The quantitative estimate of drug-likeness (QED) is 0.623. The van der Waals surface area contributed by atoms with Gasteiger partial charge in [0.1, 0.15) is 5.41 Å². The van der Waals surface area contributed by atoms with Crippen molar-refractivity contribution in [3.8, 4) is 6.07 Å². The van der Waals surface area contributed by atoms with Gasteiger partial charge in [-0.1, -0.05) is 20.8 Å². The molecule has 2 heteroatoms. The van der Waals surface area contributed by atoms with Gasteiger partial charge in [0.15, 0.2) is 5.78 Å². The lowest BCUT2D eigenvalue weighted by atomic mass is 9.80. The molecule has 0 saturated heterocycles. The summed E-state index contributed by atoms with van der Waals surface area (Å²) in [6, 6.07) is 2.06. The number of ketones is 1. The lowest BCUT2D eigenvalue weighted by Crippen LogP contribution is -2.29. The molecule has 0 fully saturated rings. The maximum Gasteiger partial charge on any atom is 0.155 e. The summed E-state index contributed by atoms with van der Waals surface area (Å²) >= 11 is 0. The van der Waals surface area contributed by atoms with Crippen molar-refractivity contribution in [3.05, 3.63) is 0 Å². The van der Waals surface area contributed by atoms with Gasteiger partial charge in [-0.05, 0) is 13.3 Å². The molecule has 0 aliphatic heterocycles. The highest BCUT2D eigenvalue weighted by molar-refractivity contribution is 5.88. The summed E-state index contributed by atoms with van der Waals surface area (Å²) in [6.45, 7) is 7.22. The molecule has 0 N–H and O–H groups in total. The topological polar surface area (TPSA) is 40.9 Å². The van der Waals surface area contributed by atoms with E-state index in [1.54, 1.807) is 6.92 Å². The maximum absolute atomic E-state index is 11.4. The summed E-state index contributed by atoms with van der Waals surface area (Å²) in [4.78, 5) is 11.4. The Bertz CT molecular complexity index is 190. The molecule has 2 nitrogen and oxygen atoms in total. The number of hydrogen-bond acceptors (Lipinski definition) is 2. The van der Waals surface area contributed by atoms with Crippen LogP contribution in [0.1, 0.15) is 34.1 Å². The van der Waals surface area contributed by atoms with Crippen molar-refractivity contribution >= 4 is 5.78 Å². The molecule has 1 atom stereocenters. The van der Waals surface area contributed by atoms with Gasteiger partial charge in [-0.15, -0.1) is 0 Å². The summed E-state index contributed by atoms with van der Waals surface area (Å²) in [6.07, 6.45) is 0.598. The van der Waals surface area contributed by atoms with Gasteiger partial charge in [-0.3, -0.25) is 4.79 Å². The van der Waals surface area contributed by atoms with Crippen LogP contribution >= 0.6 is 0 Å². The van der Waals surface area contributed by atoms with Crippen LogP contribution in [0.2, 0.25) is 0 Å². The van der Waals surface area contributed by atoms with Gasteiger partial charge in [0.25, 0.3) is 0 Å². The first-order valence-electron chi connectivity index (χ1n) is 3.93. The molecule has 0 bridgehead atoms. The van der Waals surface area contributed by atoms with Crippen LogP contribution in [0, 0.1) is 22.7 Å². The van der Waals surface area contributed by atoms with E-state index in [1.807, 2.05) is 20.8 Å². The second-order valence-electron chi connectivity index (χ2n) is 3.32. The molecule has 0 aromatic carbocycles. The highest BCUT2D eigenvalue weighted by atomic mass is 16.1. The number of hydrogen-bond donors (Lipinski definition) is 0. The van der Waals surface area contributed by atoms with Crippen LogP contribution in [0.5, 0.6) is 0 Å². The second-order valence-corrected chi connectivity index (χ2v) is 3.32. The van der Waals surface area contributed by atoms with Crippen molar-refractivity contribution in [2.75, 3.05) is 0 Å². The summed E-state index contributed by atoms with van der Waals surface area (Å²) in [7, 11) is 0. The van der Waals surface area contributed by atoms with E-state index in [9.17, 15) is 4.79 Å². The first-order valence-corrected chi connectivity index (χ1v) is 3.93. The molecule has 62 valence electrons. The predicted molar refractivity (Wildman–Crippen MR) is 43.9 cm³/mol. The first-order chi connectivity index (χ1) is 4.98. The number of Topliss-reactive ketones (excluding diaryl/α,β-unsaturated/α-hetero) is 1. The zero-order chi connectivity index (χ0) is 9.07. The van der Waals surface area contributed by atoms with Crippen molar-refractivity contribution in [2.24, 2.45) is 11.3 Å².